The molecule has 4 amide bonds. The number of hydrogen-bond acceptors (Lipinski definition) is 11. The number of nitrogens with one attached hydrogen (secondary N) is 2. The van der Waals surface area contributed by atoms with Gasteiger partial charge in [-0.1, -0.05) is 133 Å². The van der Waals surface area contributed by atoms with Gasteiger partial charge in [-0.05, 0) is 54.3 Å². The van der Waals surface area contributed by atoms with Crippen molar-refractivity contribution in [3.63, 3.8) is 0 Å². The summed E-state index contributed by atoms with van der Waals surface area (Å²) in [5.74, 6) is -3.34. The standard InChI is InChI=1S/C58H82N4O11/c1-9-10-11-12-13-14-15-16-17-18-19-20-24-27-53(65)61(4)48(39-73-38-42-25-22-21-23-26-42)57(68)59-41(3)49(63)30-33-54(66)62(5)55-44-29-32-52(71-7)46(37-44)45-35-43(28-31-51(45)70-6)36-47(58(69)72-8)60-56(67)40(2)34-50(55)64/h21-23,25-26,28-29,31-32,35,37,40-41,47-48,55H,9-20,24,27,30,33-34,36,38-39H2,1-8H3,(H,59,68)(H,60,67)/t40-,41-,47+,48-,55+/m1/s1. The van der Waals surface area contributed by atoms with Crippen LogP contribution in [0.2, 0.25) is 0 Å². The molecular formula is C58H82N4O11. The minimum atomic E-state index is -1.20. The molecule has 0 unspecified atom stereocenters. The van der Waals surface area contributed by atoms with Gasteiger partial charge in [-0.2, -0.15) is 0 Å². The second-order valence-electron chi connectivity index (χ2n) is 19.5. The molecule has 400 valence electrons. The molecule has 1 heterocycles. The van der Waals surface area contributed by atoms with Crippen molar-refractivity contribution in [1.29, 1.82) is 0 Å². The first-order chi connectivity index (χ1) is 35.1. The predicted octanol–water partition coefficient (Wildman–Crippen LogP) is 9.06. The lowest BCUT2D eigenvalue weighted by atomic mass is 9.89. The second kappa shape index (κ2) is 31.5. The molecule has 0 spiro atoms. The molecule has 15 heteroatoms. The van der Waals surface area contributed by atoms with Crippen LogP contribution in [0.4, 0.5) is 0 Å². The number of esters is 1. The topological polar surface area (TPSA) is 187 Å². The molecule has 0 aromatic heterocycles. The molecule has 2 N–H and O–H groups in total. The van der Waals surface area contributed by atoms with Gasteiger partial charge in [0.25, 0.3) is 0 Å². The van der Waals surface area contributed by atoms with E-state index in [-0.39, 0.29) is 51.2 Å². The lowest BCUT2D eigenvalue weighted by Gasteiger charge is -2.30. The molecule has 5 atom stereocenters. The molecule has 0 fully saturated rings. The van der Waals surface area contributed by atoms with E-state index in [9.17, 15) is 33.6 Å². The summed E-state index contributed by atoms with van der Waals surface area (Å²) in [7, 11) is 7.31. The molecule has 3 aromatic carbocycles. The van der Waals surface area contributed by atoms with Crippen LogP contribution >= 0.6 is 0 Å². The maximum Gasteiger partial charge on any atom is 0.328 e. The first kappa shape index (κ1) is 59.5. The molecule has 0 aliphatic carbocycles. The molecule has 0 radical (unpaired) electrons. The van der Waals surface area contributed by atoms with Crippen LogP contribution in [0.1, 0.15) is 153 Å². The summed E-state index contributed by atoms with van der Waals surface area (Å²) < 4.78 is 22.5. The minimum Gasteiger partial charge on any atom is -0.496 e. The van der Waals surface area contributed by atoms with Crippen LogP contribution in [0.15, 0.2) is 66.7 Å². The SMILES string of the molecule is CCCCCCCCCCCCCCCC(=O)N(C)[C@H](COCc1ccccc1)C(=O)N[C@H](C)C(=O)CCC(=O)N(C)[C@@H]1C(=O)C[C@@H](C)C(=O)N[C@H](C(=O)OC)Cc2ccc(OC)c(c2)-c2cc1ccc2OC. The van der Waals surface area contributed by atoms with Crippen molar-refractivity contribution in [1.82, 2.24) is 20.4 Å². The Morgan fingerprint density at radius 2 is 1.30 bits per heavy atom. The third-order valence-electron chi connectivity index (χ3n) is 13.8. The van der Waals surface area contributed by atoms with Crippen molar-refractivity contribution in [2.45, 2.75) is 167 Å². The zero-order chi connectivity index (χ0) is 53.3. The van der Waals surface area contributed by atoms with Crippen LogP contribution in [0.25, 0.3) is 11.1 Å². The normalized spacial score (nSPS) is 16.5. The van der Waals surface area contributed by atoms with Crippen molar-refractivity contribution >= 4 is 41.2 Å². The first-order valence-corrected chi connectivity index (χ1v) is 26.4. The van der Waals surface area contributed by atoms with Gasteiger partial charge >= 0.3 is 5.97 Å². The Balaban J connectivity index is 1.44. The third-order valence-corrected chi connectivity index (χ3v) is 13.8. The number of benzene rings is 3. The summed E-state index contributed by atoms with van der Waals surface area (Å²) >= 11 is 0. The average Bonchev–Trinajstić information content (AvgIpc) is 3.39. The zero-order valence-corrected chi connectivity index (χ0v) is 44.8. The summed E-state index contributed by atoms with van der Waals surface area (Å²) in [6.45, 7) is 5.46. The van der Waals surface area contributed by atoms with Crippen LogP contribution < -0.4 is 20.1 Å². The fourth-order valence-corrected chi connectivity index (χ4v) is 9.24. The number of amides is 4. The highest BCUT2D eigenvalue weighted by molar-refractivity contribution is 5.97. The van der Waals surface area contributed by atoms with Gasteiger partial charge in [-0.15, -0.1) is 0 Å². The number of carbonyl (C=O) groups is 7. The lowest BCUT2D eigenvalue weighted by molar-refractivity contribution is -0.145. The van der Waals surface area contributed by atoms with E-state index in [1.165, 1.54) is 103 Å². The van der Waals surface area contributed by atoms with Gasteiger partial charge in [0.2, 0.25) is 23.6 Å². The Morgan fingerprint density at radius 3 is 1.90 bits per heavy atom. The van der Waals surface area contributed by atoms with Crippen molar-refractivity contribution in [3.8, 4) is 22.6 Å². The largest absolute Gasteiger partial charge is 0.496 e. The van der Waals surface area contributed by atoms with Crippen LogP contribution in [0.5, 0.6) is 11.5 Å². The smallest absolute Gasteiger partial charge is 0.328 e. The molecule has 0 saturated carbocycles. The zero-order valence-electron chi connectivity index (χ0n) is 44.8. The van der Waals surface area contributed by atoms with Gasteiger partial charge in [0.05, 0.1) is 40.6 Å². The van der Waals surface area contributed by atoms with Gasteiger partial charge in [-0.3, -0.25) is 28.8 Å². The fourth-order valence-electron chi connectivity index (χ4n) is 9.24. The second-order valence-corrected chi connectivity index (χ2v) is 19.5. The lowest BCUT2D eigenvalue weighted by Crippen LogP contribution is -2.53. The number of hydrogen-bond donors (Lipinski definition) is 2. The Bertz CT molecular complexity index is 2270. The van der Waals surface area contributed by atoms with E-state index in [1.54, 1.807) is 44.3 Å². The number of ketones is 2. The van der Waals surface area contributed by atoms with Crippen LogP contribution in [0.3, 0.4) is 0 Å². The number of likely N-dealkylation sites (N-methyl/N-ethyl adjacent to an activating group) is 2. The molecule has 0 saturated heterocycles. The highest BCUT2D eigenvalue weighted by atomic mass is 16.5. The van der Waals surface area contributed by atoms with Crippen LogP contribution in [-0.2, 0) is 56.1 Å². The number of nitrogens with zero attached hydrogens (tertiary/aromatic N) is 2. The van der Waals surface area contributed by atoms with E-state index in [2.05, 4.69) is 17.6 Å². The third kappa shape index (κ3) is 18.7. The van der Waals surface area contributed by atoms with Crippen molar-refractivity contribution < 1.29 is 52.5 Å². The van der Waals surface area contributed by atoms with Crippen molar-refractivity contribution in [2.75, 3.05) is 42.0 Å². The maximum absolute atomic E-state index is 14.4. The Hall–Kier alpha value is -6.09. The maximum atomic E-state index is 14.4. The van der Waals surface area contributed by atoms with E-state index in [0.717, 1.165) is 24.8 Å². The van der Waals surface area contributed by atoms with E-state index in [4.69, 9.17) is 18.9 Å². The number of methoxy groups -OCH3 is 3. The fraction of sp³-hybridized carbons (Fsp3) is 0.569. The number of ether oxygens (including phenoxy) is 4. The summed E-state index contributed by atoms with van der Waals surface area (Å²) in [4.78, 5) is 98.8. The van der Waals surface area contributed by atoms with Crippen molar-refractivity contribution in [2.24, 2.45) is 5.92 Å². The van der Waals surface area contributed by atoms with Crippen LogP contribution in [-0.4, -0.2) is 111 Å². The molecule has 4 rings (SSSR count). The quantitative estimate of drug-likeness (QED) is 0.0499. The molecule has 3 aromatic rings. The number of unbranched alkanes of at least 4 members (excludes halogenated alkanes) is 12. The van der Waals surface area contributed by atoms with E-state index >= 15 is 0 Å². The number of carbonyl (C=O) groups excluding carboxylic acids is 7. The van der Waals surface area contributed by atoms with Crippen LogP contribution in [0, 0.1) is 5.92 Å². The van der Waals surface area contributed by atoms with Gasteiger partial charge in [-0.25, -0.2) is 4.79 Å². The molecule has 73 heavy (non-hydrogen) atoms. The molecular weight excluding hydrogens is 929 g/mol. The highest BCUT2D eigenvalue weighted by Crippen LogP contribution is 2.40. The number of fused-ring (bicyclic) bond motifs is 5. The summed E-state index contributed by atoms with van der Waals surface area (Å²) in [5.41, 5.74) is 3.15. The summed E-state index contributed by atoms with van der Waals surface area (Å²) in [5, 5.41) is 5.52. The summed E-state index contributed by atoms with van der Waals surface area (Å²) in [6.07, 6.45) is 15.0. The molecule has 1 aliphatic heterocycles. The van der Waals surface area contributed by atoms with Gasteiger partial charge in [0, 0.05) is 63.2 Å². The first-order valence-electron chi connectivity index (χ1n) is 26.4. The minimum absolute atomic E-state index is 0.0962. The van der Waals surface area contributed by atoms with E-state index < -0.39 is 65.3 Å². The molecule has 1 aliphatic rings. The van der Waals surface area contributed by atoms with Crippen molar-refractivity contribution in [3.05, 3.63) is 83.4 Å². The van der Waals surface area contributed by atoms with Gasteiger partial charge < -0.3 is 39.4 Å². The number of rotatable bonds is 29. The summed E-state index contributed by atoms with van der Waals surface area (Å²) in [6, 6.07) is 15.6. The van der Waals surface area contributed by atoms with Gasteiger partial charge in [0.15, 0.2) is 11.6 Å². The van der Waals surface area contributed by atoms with E-state index in [0.29, 0.717) is 40.2 Å². The Labute approximate surface area is 433 Å². The van der Waals surface area contributed by atoms with Gasteiger partial charge in [0.1, 0.15) is 29.6 Å². The molecule has 15 nitrogen and oxygen atoms in total. The Morgan fingerprint density at radius 1 is 0.712 bits per heavy atom. The highest BCUT2D eigenvalue weighted by Gasteiger charge is 2.35. The molecule has 4 bridgehead atoms. The average molecular weight is 1010 g/mol. The van der Waals surface area contributed by atoms with E-state index in [1.807, 2.05) is 36.4 Å². The number of Topliss-reactive ketones (excluding diaryl/α,β-unsaturated/α-hetero) is 2. The predicted molar refractivity (Wildman–Crippen MR) is 282 cm³/mol. The Kier molecular flexibility index (Phi) is 25.7. The monoisotopic (exact) mass is 1010 g/mol.